The standard InChI is InChI=1S/C16H19N3O5S/c20-14(17-12-6-7-25(23,24)10-12)8-13-15(21)19(16(22)18-13)9-11-4-2-1-3-5-11/h1-5,12-13H,6-10H2,(H,17,20)(H,18,22). The van der Waals surface area contributed by atoms with Crippen LogP contribution >= 0.6 is 0 Å². The molecule has 2 aliphatic heterocycles. The van der Waals surface area contributed by atoms with E-state index in [1.165, 1.54) is 0 Å². The van der Waals surface area contributed by atoms with E-state index in [0.29, 0.717) is 6.42 Å². The first-order valence-corrected chi connectivity index (χ1v) is 9.82. The number of carbonyl (C=O) groups is 3. The highest BCUT2D eigenvalue weighted by molar-refractivity contribution is 7.91. The monoisotopic (exact) mass is 365 g/mol. The highest BCUT2D eigenvalue weighted by Crippen LogP contribution is 2.15. The number of nitrogens with zero attached hydrogens (tertiary/aromatic N) is 1. The Morgan fingerprint density at radius 1 is 1.24 bits per heavy atom. The average Bonchev–Trinajstić information content (AvgIpc) is 3.02. The lowest BCUT2D eigenvalue weighted by atomic mass is 10.1. The molecule has 2 saturated heterocycles. The van der Waals surface area contributed by atoms with Gasteiger partial charge in [-0.1, -0.05) is 30.3 Å². The summed E-state index contributed by atoms with van der Waals surface area (Å²) >= 11 is 0. The SMILES string of the molecule is O=C(CC1NC(=O)N(Cc2ccccc2)C1=O)NC1CCS(=O)(=O)C1. The van der Waals surface area contributed by atoms with Gasteiger partial charge in [-0.25, -0.2) is 13.2 Å². The van der Waals surface area contributed by atoms with Gasteiger partial charge in [-0.15, -0.1) is 0 Å². The Balaban J connectivity index is 1.56. The summed E-state index contributed by atoms with van der Waals surface area (Å²) in [6.07, 6.45) is 0.172. The number of nitrogens with one attached hydrogen (secondary N) is 2. The zero-order valence-corrected chi connectivity index (χ0v) is 14.3. The summed E-state index contributed by atoms with van der Waals surface area (Å²) in [6, 6.07) is 7.20. The third kappa shape index (κ3) is 4.16. The lowest BCUT2D eigenvalue weighted by Gasteiger charge is -2.14. The van der Waals surface area contributed by atoms with Crippen LogP contribution < -0.4 is 10.6 Å². The minimum Gasteiger partial charge on any atom is -0.352 e. The van der Waals surface area contributed by atoms with Crippen LogP contribution in [0.25, 0.3) is 0 Å². The number of hydrogen-bond donors (Lipinski definition) is 2. The number of imide groups is 1. The lowest BCUT2D eigenvalue weighted by molar-refractivity contribution is -0.131. The maximum atomic E-state index is 12.4. The average molecular weight is 365 g/mol. The van der Waals surface area contributed by atoms with Crippen LogP contribution in [0, 0.1) is 0 Å². The number of carbonyl (C=O) groups excluding carboxylic acids is 3. The summed E-state index contributed by atoms with van der Waals surface area (Å²) in [7, 11) is -3.09. The molecule has 2 aliphatic rings. The maximum absolute atomic E-state index is 12.4. The van der Waals surface area contributed by atoms with E-state index in [-0.39, 0.29) is 24.5 Å². The van der Waals surface area contributed by atoms with Gasteiger partial charge < -0.3 is 10.6 Å². The molecule has 2 atom stereocenters. The first-order chi connectivity index (χ1) is 11.8. The molecule has 0 radical (unpaired) electrons. The van der Waals surface area contributed by atoms with Crippen LogP contribution in [0.5, 0.6) is 0 Å². The number of benzene rings is 1. The van der Waals surface area contributed by atoms with Gasteiger partial charge in [-0.05, 0) is 12.0 Å². The second kappa shape index (κ2) is 6.83. The highest BCUT2D eigenvalue weighted by Gasteiger charge is 2.39. The van der Waals surface area contributed by atoms with Crippen molar-refractivity contribution in [3.05, 3.63) is 35.9 Å². The minimum absolute atomic E-state index is 0.0574. The first kappa shape index (κ1) is 17.4. The molecule has 8 nitrogen and oxygen atoms in total. The van der Waals surface area contributed by atoms with E-state index in [1.54, 1.807) is 12.1 Å². The third-order valence-corrected chi connectivity index (χ3v) is 6.05. The summed E-state index contributed by atoms with van der Waals surface area (Å²) in [5.74, 6) is -0.920. The molecule has 2 heterocycles. The van der Waals surface area contributed by atoms with Gasteiger partial charge in [0.1, 0.15) is 6.04 Å². The Kier molecular flexibility index (Phi) is 4.76. The Bertz CT molecular complexity index is 793. The van der Waals surface area contributed by atoms with Crippen molar-refractivity contribution in [2.75, 3.05) is 11.5 Å². The summed E-state index contributed by atoms with van der Waals surface area (Å²) in [4.78, 5) is 37.5. The number of hydrogen-bond acceptors (Lipinski definition) is 5. The van der Waals surface area contributed by atoms with Crippen molar-refractivity contribution in [2.45, 2.75) is 31.5 Å². The molecular formula is C16H19N3O5S. The molecule has 2 N–H and O–H groups in total. The van der Waals surface area contributed by atoms with Crippen molar-refractivity contribution in [2.24, 2.45) is 0 Å². The molecule has 0 saturated carbocycles. The zero-order valence-electron chi connectivity index (χ0n) is 13.5. The van der Waals surface area contributed by atoms with Crippen LogP contribution in [0.4, 0.5) is 4.79 Å². The number of urea groups is 1. The van der Waals surface area contributed by atoms with Gasteiger partial charge in [0, 0.05) is 6.04 Å². The fourth-order valence-corrected chi connectivity index (χ4v) is 4.69. The van der Waals surface area contributed by atoms with Crippen LogP contribution in [-0.4, -0.2) is 54.8 Å². The summed E-state index contributed by atoms with van der Waals surface area (Å²) in [5, 5.41) is 5.13. The zero-order chi connectivity index (χ0) is 18.0. The normalized spacial score (nSPS) is 25.0. The molecule has 0 bridgehead atoms. The van der Waals surface area contributed by atoms with Gasteiger partial charge in [0.25, 0.3) is 5.91 Å². The molecule has 0 aromatic heterocycles. The second-order valence-electron chi connectivity index (χ2n) is 6.28. The molecule has 134 valence electrons. The topological polar surface area (TPSA) is 113 Å². The van der Waals surface area contributed by atoms with Crippen LogP contribution in [-0.2, 0) is 26.0 Å². The van der Waals surface area contributed by atoms with Gasteiger partial charge in [0.05, 0.1) is 24.5 Å². The Morgan fingerprint density at radius 3 is 2.60 bits per heavy atom. The van der Waals surface area contributed by atoms with E-state index in [0.717, 1.165) is 10.5 Å². The van der Waals surface area contributed by atoms with Crippen LogP contribution in [0.15, 0.2) is 30.3 Å². The van der Waals surface area contributed by atoms with Gasteiger partial charge in [-0.2, -0.15) is 0 Å². The van der Waals surface area contributed by atoms with Gasteiger partial charge >= 0.3 is 6.03 Å². The van der Waals surface area contributed by atoms with Crippen LogP contribution in [0.2, 0.25) is 0 Å². The third-order valence-electron chi connectivity index (χ3n) is 4.28. The number of sulfone groups is 1. The molecule has 25 heavy (non-hydrogen) atoms. The molecule has 2 fully saturated rings. The molecule has 0 aliphatic carbocycles. The van der Waals surface area contributed by atoms with Gasteiger partial charge in [0.15, 0.2) is 9.84 Å². The molecule has 0 spiro atoms. The smallest absolute Gasteiger partial charge is 0.325 e. The van der Waals surface area contributed by atoms with Crippen molar-refractivity contribution in [3.8, 4) is 0 Å². The second-order valence-corrected chi connectivity index (χ2v) is 8.51. The van der Waals surface area contributed by atoms with Crippen molar-refractivity contribution in [1.82, 2.24) is 15.5 Å². The number of amides is 4. The predicted octanol–water partition coefficient (Wildman–Crippen LogP) is -0.200. The van der Waals surface area contributed by atoms with E-state index in [2.05, 4.69) is 10.6 Å². The van der Waals surface area contributed by atoms with E-state index in [9.17, 15) is 22.8 Å². The highest BCUT2D eigenvalue weighted by atomic mass is 32.2. The fraction of sp³-hybridized carbons (Fsp3) is 0.438. The summed E-state index contributed by atoms with van der Waals surface area (Å²) < 4.78 is 22.8. The molecule has 1 aromatic rings. The maximum Gasteiger partial charge on any atom is 0.325 e. The molecule has 2 unspecified atom stereocenters. The Hall–Kier alpha value is -2.42. The Morgan fingerprint density at radius 2 is 1.96 bits per heavy atom. The molecule has 4 amide bonds. The van der Waals surface area contributed by atoms with E-state index < -0.39 is 39.8 Å². The molecule has 9 heteroatoms. The van der Waals surface area contributed by atoms with Crippen LogP contribution in [0.1, 0.15) is 18.4 Å². The summed E-state index contributed by atoms with van der Waals surface area (Å²) in [5.41, 5.74) is 0.812. The first-order valence-electron chi connectivity index (χ1n) is 8.00. The van der Waals surface area contributed by atoms with Gasteiger partial charge in [0.2, 0.25) is 5.91 Å². The number of rotatable bonds is 5. The van der Waals surface area contributed by atoms with E-state index in [4.69, 9.17) is 0 Å². The molecular weight excluding hydrogens is 346 g/mol. The van der Waals surface area contributed by atoms with Crippen molar-refractivity contribution in [1.29, 1.82) is 0 Å². The van der Waals surface area contributed by atoms with Gasteiger partial charge in [-0.3, -0.25) is 14.5 Å². The molecule has 1 aromatic carbocycles. The molecule has 3 rings (SSSR count). The Labute approximate surface area is 145 Å². The van der Waals surface area contributed by atoms with Crippen LogP contribution in [0.3, 0.4) is 0 Å². The van der Waals surface area contributed by atoms with E-state index >= 15 is 0 Å². The van der Waals surface area contributed by atoms with Crippen molar-refractivity contribution < 1.29 is 22.8 Å². The predicted molar refractivity (Wildman–Crippen MR) is 89.1 cm³/mol. The van der Waals surface area contributed by atoms with E-state index in [1.807, 2.05) is 18.2 Å². The fourth-order valence-electron chi connectivity index (χ4n) is 3.01. The lowest BCUT2D eigenvalue weighted by Crippen LogP contribution is -2.41. The van der Waals surface area contributed by atoms with Crippen molar-refractivity contribution in [3.63, 3.8) is 0 Å². The summed E-state index contributed by atoms with van der Waals surface area (Å²) in [6.45, 7) is 0.143. The largest absolute Gasteiger partial charge is 0.352 e. The quantitative estimate of drug-likeness (QED) is 0.702. The minimum atomic E-state index is -3.09. The van der Waals surface area contributed by atoms with Crippen molar-refractivity contribution >= 4 is 27.7 Å².